The molecule has 0 saturated carbocycles. The van der Waals surface area contributed by atoms with Crippen LogP contribution in [0.3, 0.4) is 0 Å². The Morgan fingerprint density at radius 2 is 2.42 bits per heavy atom. The first kappa shape index (κ1) is 13.4. The third-order valence-electron chi connectivity index (χ3n) is 2.56. The largest absolute Gasteiger partial charge is 0.480 e. The Bertz CT molecular complexity index is 558. The van der Waals surface area contributed by atoms with Gasteiger partial charge in [-0.15, -0.1) is 11.3 Å². The van der Waals surface area contributed by atoms with Crippen molar-refractivity contribution in [2.45, 2.75) is 12.6 Å². The molecule has 0 bridgehead atoms. The number of thiazole rings is 1. The molecular weight excluding hydrogens is 264 g/mol. The maximum Gasteiger partial charge on any atom is 0.326 e. The number of carboxylic acids is 1. The molecule has 0 radical (unpaired) electrons. The monoisotopic (exact) mass is 278 g/mol. The highest BCUT2D eigenvalue weighted by molar-refractivity contribution is 7.13. The van der Waals surface area contributed by atoms with E-state index >= 15 is 0 Å². The maximum absolute atomic E-state index is 10.8. The first-order valence-corrected chi connectivity index (χ1v) is 6.49. The van der Waals surface area contributed by atoms with E-state index in [1.54, 1.807) is 17.8 Å². The van der Waals surface area contributed by atoms with Crippen LogP contribution in [0.1, 0.15) is 17.3 Å². The molecular formula is C12H14N4O2S. The van der Waals surface area contributed by atoms with Crippen LogP contribution in [0.5, 0.6) is 0 Å². The highest BCUT2D eigenvalue weighted by Crippen LogP contribution is 2.23. The predicted octanol–water partition coefficient (Wildman–Crippen LogP) is 1.26. The number of carbonyl (C=O) groups is 1. The van der Waals surface area contributed by atoms with Gasteiger partial charge in [0.15, 0.2) is 5.13 Å². The van der Waals surface area contributed by atoms with Crippen molar-refractivity contribution in [1.29, 1.82) is 0 Å². The molecule has 0 saturated heterocycles. The second kappa shape index (κ2) is 5.77. The molecule has 0 aliphatic heterocycles. The highest BCUT2D eigenvalue weighted by atomic mass is 32.1. The van der Waals surface area contributed by atoms with Crippen LogP contribution in [0.2, 0.25) is 0 Å². The van der Waals surface area contributed by atoms with E-state index in [2.05, 4.69) is 9.97 Å². The molecule has 0 aromatic carbocycles. The maximum atomic E-state index is 10.8. The SMILES string of the molecule is CN(Cc1cccnc1)c1nc(C(N)C(=O)O)cs1. The second-order valence-electron chi connectivity index (χ2n) is 4.09. The van der Waals surface area contributed by atoms with E-state index in [0.29, 0.717) is 12.2 Å². The van der Waals surface area contributed by atoms with E-state index in [-0.39, 0.29) is 0 Å². The molecule has 6 nitrogen and oxygen atoms in total. The fourth-order valence-electron chi connectivity index (χ4n) is 1.55. The molecule has 1 unspecified atom stereocenters. The molecule has 2 rings (SSSR count). The minimum atomic E-state index is -1.08. The van der Waals surface area contributed by atoms with Crippen molar-refractivity contribution >= 4 is 22.4 Å². The van der Waals surface area contributed by atoms with Gasteiger partial charge in [0.2, 0.25) is 0 Å². The molecule has 19 heavy (non-hydrogen) atoms. The van der Waals surface area contributed by atoms with E-state index < -0.39 is 12.0 Å². The molecule has 0 aliphatic rings. The fraction of sp³-hybridized carbons (Fsp3) is 0.250. The van der Waals surface area contributed by atoms with Gasteiger partial charge in [-0.3, -0.25) is 9.78 Å². The van der Waals surface area contributed by atoms with Gasteiger partial charge in [0.05, 0.1) is 5.69 Å². The van der Waals surface area contributed by atoms with Crippen LogP contribution in [-0.2, 0) is 11.3 Å². The van der Waals surface area contributed by atoms with Crippen molar-refractivity contribution in [2.75, 3.05) is 11.9 Å². The summed E-state index contributed by atoms with van der Waals surface area (Å²) in [7, 11) is 1.89. The third-order valence-corrected chi connectivity index (χ3v) is 3.54. The number of hydrogen-bond donors (Lipinski definition) is 2. The lowest BCUT2D eigenvalue weighted by atomic mass is 10.2. The summed E-state index contributed by atoms with van der Waals surface area (Å²) < 4.78 is 0. The van der Waals surface area contributed by atoms with Gasteiger partial charge in [0.25, 0.3) is 0 Å². The smallest absolute Gasteiger partial charge is 0.326 e. The van der Waals surface area contributed by atoms with Gasteiger partial charge in [0.1, 0.15) is 6.04 Å². The van der Waals surface area contributed by atoms with Gasteiger partial charge in [-0.05, 0) is 11.6 Å². The van der Waals surface area contributed by atoms with Gasteiger partial charge in [0, 0.05) is 31.4 Å². The van der Waals surface area contributed by atoms with Gasteiger partial charge in [-0.1, -0.05) is 6.07 Å². The molecule has 2 aromatic heterocycles. The molecule has 2 aromatic rings. The molecule has 7 heteroatoms. The summed E-state index contributed by atoms with van der Waals surface area (Å²) in [6.07, 6.45) is 3.50. The van der Waals surface area contributed by atoms with Gasteiger partial charge >= 0.3 is 5.97 Å². The van der Waals surface area contributed by atoms with E-state index in [1.807, 2.05) is 24.1 Å². The minimum absolute atomic E-state index is 0.380. The van der Waals surface area contributed by atoms with Crippen LogP contribution in [-0.4, -0.2) is 28.1 Å². The van der Waals surface area contributed by atoms with Crippen molar-refractivity contribution in [2.24, 2.45) is 5.73 Å². The summed E-state index contributed by atoms with van der Waals surface area (Å²) in [6.45, 7) is 0.656. The summed E-state index contributed by atoms with van der Waals surface area (Å²) in [6, 6.07) is 2.77. The normalized spacial score (nSPS) is 12.1. The lowest BCUT2D eigenvalue weighted by molar-refractivity contribution is -0.138. The molecule has 100 valence electrons. The Hall–Kier alpha value is -1.99. The zero-order valence-corrected chi connectivity index (χ0v) is 11.2. The fourth-order valence-corrected chi connectivity index (χ4v) is 2.38. The highest BCUT2D eigenvalue weighted by Gasteiger charge is 2.18. The molecule has 0 amide bonds. The Kier molecular flexibility index (Phi) is 4.08. The molecule has 3 N–H and O–H groups in total. The number of aliphatic carboxylic acids is 1. The number of anilines is 1. The topological polar surface area (TPSA) is 92.3 Å². The van der Waals surface area contributed by atoms with Crippen molar-refractivity contribution in [3.63, 3.8) is 0 Å². The second-order valence-corrected chi connectivity index (χ2v) is 4.92. The predicted molar refractivity (Wildman–Crippen MR) is 73.0 cm³/mol. The van der Waals surface area contributed by atoms with E-state index in [4.69, 9.17) is 10.8 Å². The van der Waals surface area contributed by atoms with Crippen LogP contribution < -0.4 is 10.6 Å². The zero-order valence-electron chi connectivity index (χ0n) is 10.4. The average Bonchev–Trinajstić information content (AvgIpc) is 2.88. The lowest BCUT2D eigenvalue weighted by Crippen LogP contribution is -2.21. The van der Waals surface area contributed by atoms with Crippen LogP contribution >= 0.6 is 11.3 Å². The molecule has 1 atom stereocenters. The summed E-state index contributed by atoms with van der Waals surface area (Å²) >= 11 is 1.37. The Labute approximate surface area is 114 Å². The first-order valence-electron chi connectivity index (χ1n) is 5.62. The number of pyridine rings is 1. The quantitative estimate of drug-likeness (QED) is 0.855. The summed E-state index contributed by atoms with van der Waals surface area (Å²) in [4.78, 5) is 21.0. The lowest BCUT2D eigenvalue weighted by Gasteiger charge is -2.15. The van der Waals surface area contributed by atoms with Crippen molar-refractivity contribution in [3.05, 3.63) is 41.2 Å². The molecule has 0 fully saturated rings. The number of aromatic nitrogens is 2. The minimum Gasteiger partial charge on any atom is -0.480 e. The van der Waals surface area contributed by atoms with Crippen LogP contribution in [0.25, 0.3) is 0 Å². The van der Waals surface area contributed by atoms with Gasteiger partial charge in [-0.25, -0.2) is 4.98 Å². The molecule has 0 spiro atoms. The zero-order chi connectivity index (χ0) is 13.8. The summed E-state index contributed by atoms with van der Waals surface area (Å²) in [5.74, 6) is -1.08. The number of nitrogens with two attached hydrogens (primary N) is 1. The van der Waals surface area contributed by atoms with Crippen molar-refractivity contribution in [3.8, 4) is 0 Å². The Morgan fingerprint density at radius 3 is 3.05 bits per heavy atom. The van der Waals surface area contributed by atoms with Gasteiger partial charge in [-0.2, -0.15) is 0 Å². The Balaban J connectivity index is 2.08. The standard InChI is InChI=1S/C12H14N4O2S/c1-16(6-8-3-2-4-14-5-8)12-15-9(7-19-12)10(13)11(17)18/h2-5,7,10H,6,13H2,1H3,(H,17,18). The van der Waals surface area contributed by atoms with E-state index in [1.165, 1.54) is 11.3 Å². The average molecular weight is 278 g/mol. The Morgan fingerprint density at radius 1 is 1.63 bits per heavy atom. The van der Waals surface area contributed by atoms with Gasteiger partial charge < -0.3 is 15.7 Å². The van der Waals surface area contributed by atoms with E-state index in [9.17, 15) is 4.79 Å². The van der Waals surface area contributed by atoms with Crippen LogP contribution in [0, 0.1) is 0 Å². The third kappa shape index (κ3) is 3.27. The number of hydrogen-bond acceptors (Lipinski definition) is 6. The first-order chi connectivity index (χ1) is 9.08. The van der Waals surface area contributed by atoms with Crippen molar-refractivity contribution in [1.82, 2.24) is 9.97 Å². The van der Waals surface area contributed by atoms with Crippen LogP contribution in [0.4, 0.5) is 5.13 Å². The summed E-state index contributed by atoms with van der Waals surface area (Å²) in [5, 5.41) is 11.2. The number of carboxylic acid groups (broad SMARTS) is 1. The number of nitrogens with zero attached hydrogens (tertiary/aromatic N) is 3. The van der Waals surface area contributed by atoms with Crippen molar-refractivity contribution < 1.29 is 9.90 Å². The molecule has 0 aliphatic carbocycles. The number of rotatable bonds is 5. The van der Waals surface area contributed by atoms with E-state index in [0.717, 1.165) is 10.7 Å². The van der Waals surface area contributed by atoms with Crippen LogP contribution in [0.15, 0.2) is 29.9 Å². The molecule has 2 heterocycles. The summed E-state index contributed by atoms with van der Waals surface area (Å²) in [5.41, 5.74) is 6.96.